The van der Waals surface area contributed by atoms with Gasteiger partial charge >= 0.3 is 0 Å². The number of imidazole rings is 1. The van der Waals surface area contributed by atoms with Crippen molar-refractivity contribution in [3.05, 3.63) is 35.2 Å². The van der Waals surface area contributed by atoms with E-state index in [1.54, 1.807) is 6.92 Å². The van der Waals surface area contributed by atoms with E-state index in [0.717, 1.165) is 34.4 Å². The van der Waals surface area contributed by atoms with Gasteiger partial charge in [-0.2, -0.15) is 0 Å². The third-order valence-corrected chi connectivity index (χ3v) is 8.12. The molecule has 0 radical (unpaired) electrons. The predicted octanol–water partition coefficient (Wildman–Crippen LogP) is 2.58. The van der Waals surface area contributed by atoms with Gasteiger partial charge in [-0.1, -0.05) is 31.7 Å². The summed E-state index contributed by atoms with van der Waals surface area (Å²) < 4.78 is 28.5. The van der Waals surface area contributed by atoms with E-state index in [-0.39, 0.29) is 17.4 Å². The maximum Gasteiger partial charge on any atom is 0.211 e. The first kappa shape index (κ1) is 22.7. The molecule has 0 atom stereocenters. The molecule has 0 aliphatic heterocycles. The van der Waals surface area contributed by atoms with Crippen LogP contribution in [0.4, 0.5) is 5.82 Å². The molecule has 4 rings (SSSR count). The van der Waals surface area contributed by atoms with Gasteiger partial charge in [0.1, 0.15) is 6.33 Å². The molecule has 0 spiro atoms. The molecule has 1 aromatic carbocycles. The molecule has 0 bridgehead atoms. The van der Waals surface area contributed by atoms with Crippen LogP contribution in [0.5, 0.6) is 0 Å². The van der Waals surface area contributed by atoms with Crippen molar-refractivity contribution in [2.45, 2.75) is 56.1 Å². The standard InChI is InChI=1S/C21H26N6O3S2/c1-3-13-10-14-6-7-16(28)15(14)11-17(13)31-21-26-18-19(22)23-12-24-20(18)27(21)8-5-9-32(29,30)25-4-2/h10-12,25H,3-9H2,1-2H3,(H2,22,23,24). The maximum absolute atomic E-state index is 12.3. The Bertz CT molecular complexity index is 1290. The fraction of sp³-hybridized carbons (Fsp3) is 0.429. The van der Waals surface area contributed by atoms with Crippen LogP contribution in [0.1, 0.15) is 48.2 Å². The molecule has 170 valence electrons. The molecule has 3 aromatic rings. The smallest absolute Gasteiger partial charge is 0.211 e. The molecule has 32 heavy (non-hydrogen) atoms. The highest BCUT2D eigenvalue weighted by Gasteiger charge is 2.23. The lowest BCUT2D eigenvalue weighted by atomic mass is 10.0. The van der Waals surface area contributed by atoms with Gasteiger partial charge in [-0.05, 0) is 36.5 Å². The van der Waals surface area contributed by atoms with Gasteiger partial charge in [0.15, 0.2) is 27.9 Å². The lowest BCUT2D eigenvalue weighted by molar-refractivity contribution is 0.0994. The van der Waals surface area contributed by atoms with Crippen molar-refractivity contribution in [1.29, 1.82) is 0 Å². The number of rotatable bonds is 9. The number of carbonyl (C=O) groups excluding carboxylic acids is 1. The molecule has 1 aliphatic carbocycles. The number of hydrogen-bond acceptors (Lipinski definition) is 8. The van der Waals surface area contributed by atoms with Crippen molar-refractivity contribution in [3.63, 3.8) is 0 Å². The monoisotopic (exact) mass is 474 g/mol. The summed E-state index contributed by atoms with van der Waals surface area (Å²) in [5.74, 6) is 0.441. The SMILES string of the molecule is CCNS(=O)(=O)CCCn1c(Sc2cc3c(cc2CC)CCC3=O)nc2c(N)ncnc21. The first-order valence-corrected chi connectivity index (χ1v) is 13.1. The highest BCUT2D eigenvalue weighted by Crippen LogP contribution is 2.36. The topological polar surface area (TPSA) is 133 Å². The van der Waals surface area contributed by atoms with Crippen LogP contribution < -0.4 is 10.5 Å². The van der Waals surface area contributed by atoms with Gasteiger partial charge in [-0.3, -0.25) is 4.79 Å². The van der Waals surface area contributed by atoms with Crippen molar-refractivity contribution < 1.29 is 13.2 Å². The number of benzene rings is 1. The van der Waals surface area contributed by atoms with Gasteiger partial charge in [0, 0.05) is 30.0 Å². The average Bonchev–Trinajstić information content (AvgIpc) is 3.29. The molecule has 0 unspecified atom stereocenters. The highest BCUT2D eigenvalue weighted by atomic mass is 32.2. The first-order chi connectivity index (χ1) is 15.3. The van der Waals surface area contributed by atoms with E-state index in [1.807, 2.05) is 10.6 Å². The van der Waals surface area contributed by atoms with Crippen molar-refractivity contribution in [3.8, 4) is 0 Å². The Labute approximate surface area is 191 Å². The van der Waals surface area contributed by atoms with Gasteiger partial charge in [0.05, 0.1) is 5.75 Å². The summed E-state index contributed by atoms with van der Waals surface area (Å²) in [5, 5.41) is 0.646. The van der Waals surface area contributed by atoms with E-state index >= 15 is 0 Å². The number of aromatic nitrogens is 4. The summed E-state index contributed by atoms with van der Waals surface area (Å²) in [6, 6.07) is 4.08. The summed E-state index contributed by atoms with van der Waals surface area (Å²) in [6.45, 7) is 4.60. The summed E-state index contributed by atoms with van der Waals surface area (Å²) in [4.78, 5) is 26.3. The van der Waals surface area contributed by atoms with Crippen LogP contribution in [0.2, 0.25) is 0 Å². The fourth-order valence-electron chi connectivity index (χ4n) is 3.91. The molecule has 2 heterocycles. The van der Waals surface area contributed by atoms with Crippen LogP contribution in [0, 0.1) is 0 Å². The molecular weight excluding hydrogens is 448 g/mol. The summed E-state index contributed by atoms with van der Waals surface area (Å²) in [6.07, 6.45) is 3.94. The lowest BCUT2D eigenvalue weighted by Gasteiger charge is -2.12. The molecule has 1 aliphatic rings. The number of Topliss-reactive ketones (excluding diaryl/α,β-unsaturated/α-hetero) is 1. The fourth-order valence-corrected chi connectivity index (χ4v) is 6.14. The number of nitrogens with zero attached hydrogens (tertiary/aromatic N) is 4. The number of fused-ring (bicyclic) bond motifs is 2. The third-order valence-electron chi connectivity index (χ3n) is 5.47. The predicted molar refractivity (Wildman–Crippen MR) is 124 cm³/mol. The van der Waals surface area contributed by atoms with E-state index in [1.165, 1.54) is 18.1 Å². The Kier molecular flexibility index (Phi) is 6.50. The van der Waals surface area contributed by atoms with E-state index in [2.05, 4.69) is 32.7 Å². The molecule has 11 heteroatoms. The number of hydrogen-bond donors (Lipinski definition) is 2. The molecule has 3 N–H and O–H groups in total. The second-order valence-electron chi connectivity index (χ2n) is 7.64. The lowest BCUT2D eigenvalue weighted by Crippen LogP contribution is -2.26. The van der Waals surface area contributed by atoms with Crippen LogP contribution in [0.15, 0.2) is 28.5 Å². The number of aryl methyl sites for hydroxylation is 3. The average molecular weight is 475 g/mol. The number of nitrogen functional groups attached to an aromatic ring is 1. The second kappa shape index (κ2) is 9.16. The van der Waals surface area contributed by atoms with Gasteiger partial charge in [-0.25, -0.2) is 28.1 Å². The molecule has 9 nitrogen and oxygen atoms in total. The van der Waals surface area contributed by atoms with Crippen LogP contribution >= 0.6 is 11.8 Å². The third kappa shape index (κ3) is 4.50. The molecule has 0 saturated carbocycles. The number of carbonyl (C=O) groups is 1. The zero-order valence-electron chi connectivity index (χ0n) is 18.1. The van der Waals surface area contributed by atoms with E-state index in [4.69, 9.17) is 5.73 Å². The largest absolute Gasteiger partial charge is 0.382 e. The van der Waals surface area contributed by atoms with E-state index in [0.29, 0.717) is 42.3 Å². The van der Waals surface area contributed by atoms with Crippen molar-refractivity contribution >= 4 is 44.6 Å². The normalized spacial score (nSPS) is 13.8. The zero-order chi connectivity index (χ0) is 22.9. The quantitative estimate of drug-likeness (QED) is 0.483. The minimum absolute atomic E-state index is 0.00125. The summed E-state index contributed by atoms with van der Waals surface area (Å²) in [5.41, 5.74) is 10.1. The van der Waals surface area contributed by atoms with Crippen LogP contribution in [-0.2, 0) is 29.4 Å². The number of ketones is 1. The number of nitrogens with two attached hydrogens (primary N) is 1. The molecule has 0 fully saturated rings. The molecule has 2 aromatic heterocycles. The van der Waals surface area contributed by atoms with Gasteiger partial charge in [0.2, 0.25) is 10.0 Å². The van der Waals surface area contributed by atoms with Gasteiger partial charge in [-0.15, -0.1) is 0 Å². The first-order valence-electron chi connectivity index (χ1n) is 10.6. The number of sulfonamides is 1. The Morgan fingerprint density at radius 1 is 1.22 bits per heavy atom. The van der Waals surface area contributed by atoms with Crippen molar-refractivity contribution in [2.24, 2.45) is 0 Å². The second-order valence-corrected chi connectivity index (χ2v) is 10.6. The van der Waals surface area contributed by atoms with Crippen molar-refractivity contribution in [2.75, 3.05) is 18.0 Å². The molecule has 0 saturated heterocycles. The number of nitrogens with one attached hydrogen (secondary N) is 1. The minimum atomic E-state index is -3.33. The highest BCUT2D eigenvalue weighted by molar-refractivity contribution is 7.99. The maximum atomic E-state index is 12.3. The molecule has 0 amide bonds. The summed E-state index contributed by atoms with van der Waals surface area (Å²) in [7, 11) is -3.33. The minimum Gasteiger partial charge on any atom is -0.382 e. The van der Waals surface area contributed by atoms with Crippen LogP contribution in [0.25, 0.3) is 11.2 Å². The zero-order valence-corrected chi connectivity index (χ0v) is 19.7. The number of anilines is 1. The Balaban J connectivity index is 1.70. The van der Waals surface area contributed by atoms with Crippen molar-refractivity contribution in [1.82, 2.24) is 24.2 Å². The summed E-state index contributed by atoms with van der Waals surface area (Å²) >= 11 is 1.45. The Morgan fingerprint density at radius 2 is 2.03 bits per heavy atom. The Morgan fingerprint density at radius 3 is 2.78 bits per heavy atom. The van der Waals surface area contributed by atoms with Crippen LogP contribution in [-0.4, -0.2) is 46.0 Å². The Hall–Kier alpha value is -2.50. The van der Waals surface area contributed by atoms with Gasteiger partial charge in [0.25, 0.3) is 0 Å². The van der Waals surface area contributed by atoms with Crippen LogP contribution in [0.3, 0.4) is 0 Å². The van der Waals surface area contributed by atoms with E-state index in [9.17, 15) is 13.2 Å². The van der Waals surface area contributed by atoms with E-state index < -0.39 is 10.0 Å². The molecular formula is C21H26N6O3S2. The van der Waals surface area contributed by atoms with Gasteiger partial charge < -0.3 is 10.3 Å².